The van der Waals surface area contributed by atoms with Gasteiger partial charge in [-0.1, -0.05) is 11.6 Å². The lowest BCUT2D eigenvalue weighted by molar-refractivity contribution is 0.242. The van der Waals surface area contributed by atoms with Crippen LogP contribution in [0.2, 0.25) is 5.02 Å². The molecular weight excluding hydrogens is 198 g/mol. The molecule has 0 saturated heterocycles. The number of hydrogen-bond donors (Lipinski definition) is 1. The van der Waals surface area contributed by atoms with Crippen molar-refractivity contribution >= 4 is 11.6 Å². The summed E-state index contributed by atoms with van der Waals surface area (Å²) in [5, 5.41) is 0.662. The van der Waals surface area contributed by atoms with Crippen molar-refractivity contribution in [1.29, 1.82) is 0 Å². The predicted octanol–water partition coefficient (Wildman–Crippen LogP) is 3.15. The van der Waals surface area contributed by atoms with Crippen molar-refractivity contribution in [2.24, 2.45) is 5.73 Å². The summed E-state index contributed by atoms with van der Waals surface area (Å²) < 4.78 is 5.55. The molecule has 0 amide bonds. The first-order valence-electron chi connectivity index (χ1n) is 4.71. The quantitative estimate of drug-likeness (QED) is 0.837. The first-order chi connectivity index (χ1) is 6.49. The average molecular weight is 214 g/mol. The van der Waals surface area contributed by atoms with Crippen LogP contribution >= 0.6 is 11.6 Å². The van der Waals surface area contributed by atoms with Crippen LogP contribution in [0.4, 0.5) is 0 Å². The molecule has 1 rings (SSSR count). The first-order valence-corrected chi connectivity index (χ1v) is 5.09. The molecule has 0 aliphatic rings. The normalized spacial score (nSPS) is 13.0. The molecule has 0 fully saturated rings. The van der Waals surface area contributed by atoms with Crippen LogP contribution in [-0.4, -0.2) is 6.10 Å². The Morgan fingerprint density at radius 3 is 2.36 bits per heavy atom. The summed E-state index contributed by atoms with van der Waals surface area (Å²) in [4.78, 5) is 0. The van der Waals surface area contributed by atoms with Gasteiger partial charge in [-0.05, 0) is 44.5 Å². The number of ether oxygens (including phenoxy) is 1. The second-order valence-electron chi connectivity index (χ2n) is 3.68. The molecule has 1 atom stereocenters. The third kappa shape index (κ3) is 3.20. The van der Waals surface area contributed by atoms with Gasteiger partial charge in [0.15, 0.2) is 0 Å². The molecule has 0 aliphatic carbocycles. The van der Waals surface area contributed by atoms with Gasteiger partial charge in [-0.25, -0.2) is 0 Å². The van der Waals surface area contributed by atoms with Crippen molar-refractivity contribution < 1.29 is 4.74 Å². The molecule has 2 nitrogen and oxygen atoms in total. The Morgan fingerprint density at radius 1 is 1.21 bits per heavy atom. The zero-order valence-electron chi connectivity index (χ0n) is 8.75. The maximum atomic E-state index is 5.94. The maximum absolute atomic E-state index is 5.94. The van der Waals surface area contributed by atoms with E-state index in [2.05, 4.69) is 0 Å². The molecule has 1 unspecified atom stereocenters. The van der Waals surface area contributed by atoms with Gasteiger partial charge in [-0.2, -0.15) is 0 Å². The molecule has 0 heterocycles. The van der Waals surface area contributed by atoms with E-state index >= 15 is 0 Å². The lowest BCUT2D eigenvalue weighted by atomic mass is 10.1. The summed E-state index contributed by atoms with van der Waals surface area (Å²) in [7, 11) is 0. The van der Waals surface area contributed by atoms with E-state index in [1.165, 1.54) is 0 Å². The molecule has 0 radical (unpaired) electrons. The highest BCUT2D eigenvalue weighted by molar-refractivity contribution is 6.30. The number of nitrogens with two attached hydrogens (primary N) is 1. The fraction of sp³-hybridized carbons (Fsp3) is 0.455. The van der Waals surface area contributed by atoms with Crippen LogP contribution < -0.4 is 10.5 Å². The summed E-state index contributed by atoms with van der Waals surface area (Å²) in [5.74, 6) is 0.778. The minimum Gasteiger partial charge on any atom is -0.491 e. The van der Waals surface area contributed by atoms with Crippen LogP contribution in [0.5, 0.6) is 5.75 Å². The Balaban J connectivity index is 2.95. The number of halogens is 1. The predicted molar refractivity (Wildman–Crippen MR) is 59.8 cm³/mol. The minimum atomic E-state index is -0.0248. The molecule has 0 aliphatic heterocycles. The molecule has 3 heteroatoms. The number of rotatable bonds is 3. The van der Waals surface area contributed by atoms with E-state index in [0.717, 1.165) is 11.3 Å². The topological polar surface area (TPSA) is 35.2 Å². The van der Waals surface area contributed by atoms with Gasteiger partial charge in [0.1, 0.15) is 5.75 Å². The highest BCUT2D eigenvalue weighted by Crippen LogP contribution is 2.24. The molecule has 0 bridgehead atoms. The van der Waals surface area contributed by atoms with Gasteiger partial charge >= 0.3 is 0 Å². The van der Waals surface area contributed by atoms with Gasteiger partial charge < -0.3 is 10.5 Å². The molecule has 0 spiro atoms. The lowest BCUT2D eigenvalue weighted by Crippen LogP contribution is -2.08. The molecule has 14 heavy (non-hydrogen) atoms. The van der Waals surface area contributed by atoms with Gasteiger partial charge in [0.25, 0.3) is 0 Å². The van der Waals surface area contributed by atoms with E-state index in [4.69, 9.17) is 22.1 Å². The van der Waals surface area contributed by atoms with Gasteiger partial charge in [0.2, 0.25) is 0 Å². The molecule has 78 valence electrons. The van der Waals surface area contributed by atoms with Crippen LogP contribution in [-0.2, 0) is 0 Å². The largest absolute Gasteiger partial charge is 0.491 e. The van der Waals surface area contributed by atoms with Crippen molar-refractivity contribution in [2.45, 2.75) is 32.9 Å². The van der Waals surface area contributed by atoms with E-state index in [0.29, 0.717) is 5.02 Å². The van der Waals surface area contributed by atoms with E-state index in [-0.39, 0.29) is 12.1 Å². The van der Waals surface area contributed by atoms with Crippen molar-refractivity contribution in [3.05, 3.63) is 28.8 Å². The van der Waals surface area contributed by atoms with Crippen LogP contribution in [0.3, 0.4) is 0 Å². The van der Waals surface area contributed by atoms with Crippen LogP contribution in [0.15, 0.2) is 18.2 Å². The average Bonchev–Trinajstić information content (AvgIpc) is 2.01. The summed E-state index contributed by atoms with van der Waals surface area (Å²) in [6.45, 7) is 5.88. The summed E-state index contributed by atoms with van der Waals surface area (Å²) in [6.07, 6.45) is 0.148. The smallest absolute Gasteiger partial charge is 0.121 e. The van der Waals surface area contributed by atoms with E-state index in [1.54, 1.807) is 6.07 Å². The van der Waals surface area contributed by atoms with Crippen molar-refractivity contribution in [1.82, 2.24) is 0 Å². The van der Waals surface area contributed by atoms with Crippen LogP contribution in [0.25, 0.3) is 0 Å². The SMILES string of the molecule is CC(C)Oc1cc(Cl)cc(C(C)N)c1. The Morgan fingerprint density at radius 2 is 1.86 bits per heavy atom. The fourth-order valence-electron chi connectivity index (χ4n) is 1.19. The van der Waals surface area contributed by atoms with E-state index in [9.17, 15) is 0 Å². The van der Waals surface area contributed by atoms with Gasteiger partial charge in [0, 0.05) is 11.1 Å². The molecule has 1 aromatic rings. The monoisotopic (exact) mass is 213 g/mol. The fourth-order valence-corrected chi connectivity index (χ4v) is 1.42. The van der Waals surface area contributed by atoms with Gasteiger partial charge in [0.05, 0.1) is 6.10 Å². The molecule has 0 aromatic heterocycles. The first kappa shape index (κ1) is 11.3. The lowest BCUT2D eigenvalue weighted by Gasteiger charge is -2.13. The van der Waals surface area contributed by atoms with Crippen molar-refractivity contribution in [2.75, 3.05) is 0 Å². The molecule has 0 saturated carbocycles. The van der Waals surface area contributed by atoms with E-state index < -0.39 is 0 Å². The molecule has 2 N–H and O–H groups in total. The second-order valence-corrected chi connectivity index (χ2v) is 4.11. The van der Waals surface area contributed by atoms with Crippen molar-refractivity contribution in [3.8, 4) is 5.75 Å². The van der Waals surface area contributed by atoms with Gasteiger partial charge in [-0.15, -0.1) is 0 Å². The molecule has 1 aromatic carbocycles. The Kier molecular flexibility index (Phi) is 3.78. The second kappa shape index (κ2) is 4.67. The number of benzene rings is 1. The third-order valence-corrected chi connectivity index (χ3v) is 2.01. The minimum absolute atomic E-state index is 0.0248. The molecular formula is C11H16ClNO. The summed E-state index contributed by atoms with van der Waals surface area (Å²) >= 11 is 5.94. The summed E-state index contributed by atoms with van der Waals surface area (Å²) in [6, 6.07) is 5.56. The standard InChI is InChI=1S/C11H16ClNO/c1-7(2)14-11-5-9(8(3)13)4-10(12)6-11/h4-8H,13H2,1-3H3. The van der Waals surface area contributed by atoms with Crippen molar-refractivity contribution in [3.63, 3.8) is 0 Å². The maximum Gasteiger partial charge on any atom is 0.121 e. The zero-order chi connectivity index (χ0) is 10.7. The van der Waals surface area contributed by atoms with Crippen LogP contribution in [0.1, 0.15) is 32.4 Å². The highest BCUT2D eigenvalue weighted by atomic mass is 35.5. The van der Waals surface area contributed by atoms with E-state index in [1.807, 2.05) is 32.9 Å². The Labute approximate surface area is 90.0 Å². The van der Waals surface area contributed by atoms with Crippen LogP contribution in [0, 0.1) is 0 Å². The summed E-state index contributed by atoms with van der Waals surface area (Å²) in [5.41, 5.74) is 6.76. The van der Waals surface area contributed by atoms with Gasteiger partial charge in [-0.3, -0.25) is 0 Å². The third-order valence-electron chi connectivity index (χ3n) is 1.79. The Bertz CT molecular complexity index is 310. The zero-order valence-corrected chi connectivity index (χ0v) is 9.51. The highest BCUT2D eigenvalue weighted by Gasteiger charge is 2.05. The number of hydrogen-bond acceptors (Lipinski definition) is 2. The Hall–Kier alpha value is -0.730.